The summed E-state index contributed by atoms with van der Waals surface area (Å²) in [5.41, 5.74) is 2.86. The predicted molar refractivity (Wildman–Crippen MR) is 164 cm³/mol. The van der Waals surface area contributed by atoms with Crippen LogP contribution in [0.15, 0.2) is 91.0 Å². The number of alkyl halides is 1. The summed E-state index contributed by atoms with van der Waals surface area (Å²) in [5.74, 6) is 0. The lowest BCUT2D eigenvalue weighted by molar-refractivity contribution is 0.0136. The summed E-state index contributed by atoms with van der Waals surface area (Å²) in [7, 11) is 0. The van der Waals surface area contributed by atoms with Crippen LogP contribution in [0.25, 0.3) is 0 Å². The van der Waals surface area contributed by atoms with Crippen molar-refractivity contribution in [2.45, 2.75) is 101 Å². The Labute approximate surface area is 235 Å². The smallest absolute Gasteiger partial charge is 0.143 e. The maximum Gasteiger partial charge on any atom is 0.143 e. The van der Waals surface area contributed by atoms with Crippen molar-refractivity contribution in [1.29, 1.82) is 0 Å². The van der Waals surface area contributed by atoms with Crippen molar-refractivity contribution in [2.75, 3.05) is 6.61 Å². The summed E-state index contributed by atoms with van der Waals surface area (Å²) in [6.45, 7) is 2.95. The van der Waals surface area contributed by atoms with Gasteiger partial charge in [-0.3, -0.25) is 0 Å². The van der Waals surface area contributed by atoms with Gasteiger partial charge < -0.3 is 4.74 Å². The van der Waals surface area contributed by atoms with E-state index in [0.717, 1.165) is 23.1 Å². The zero-order valence-corrected chi connectivity index (χ0v) is 24.5. The molecular formula is C35H47BrO. The molecule has 0 saturated heterocycles. The van der Waals surface area contributed by atoms with Gasteiger partial charge in [0.15, 0.2) is 0 Å². The molecule has 0 heterocycles. The molecule has 37 heavy (non-hydrogen) atoms. The molecule has 0 amide bonds. The number of unbranched alkanes of at least 4 members (excludes halogenated alkanes) is 11. The Balaban J connectivity index is 1.50. The van der Waals surface area contributed by atoms with Crippen molar-refractivity contribution < 1.29 is 4.74 Å². The van der Waals surface area contributed by atoms with E-state index >= 15 is 0 Å². The van der Waals surface area contributed by atoms with Crippen LogP contribution in [-0.2, 0) is 10.3 Å². The van der Waals surface area contributed by atoms with Gasteiger partial charge in [-0.15, -0.1) is 0 Å². The first-order valence-corrected chi connectivity index (χ1v) is 15.6. The number of hydrogen-bond donors (Lipinski definition) is 0. The Morgan fingerprint density at radius 1 is 0.541 bits per heavy atom. The van der Waals surface area contributed by atoms with Gasteiger partial charge in [0.25, 0.3) is 0 Å². The molecule has 3 aromatic carbocycles. The normalized spacial score (nSPS) is 12.5. The molecule has 2 heteroatoms. The fourth-order valence-corrected chi connectivity index (χ4v) is 5.73. The second-order valence-electron chi connectivity index (χ2n) is 10.4. The van der Waals surface area contributed by atoms with E-state index in [1.54, 1.807) is 0 Å². The number of halogens is 1. The first kappa shape index (κ1) is 29.7. The summed E-state index contributed by atoms with van der Waals surface area (Å²) < 4.78 is 6.96. The minimum atomic E-state index is -0.633. The monoisotopic (exact) mass is 562 g/mol. The van der Waals surface area contributed by atoms with E-state index in [9.17, 15) is 0 Å². The van der Waals surface area contributed by atoms with Crippen LogP contribution >= 0.6 is 15.9 Å². The SMILES string of the molecule is CCCCCCCCCCCCCC[C@@H](Br)COC(c1ccccc1)(c1ccccc1)c1ccccc1. The van der Waals surface area contributed by atoms with Crippen LogP contribution in [-0.4, -0.2) is 11.4 Å². The highest BCUT2D eigenvalue weighted by Crippen LogP contribution is 2.40. The number of hydrogen-bond acceptors (Lipinski definition) is 1. The third-order valence-electron chi connectivity index (χ3n) is 7.39. The van der Waals surface area contributed by atoms with Crippen molar-refractivity contribution >= 4 is 15.9 Å². The van der Waals surface area contributed by atoms with Crippen LogP contribution in [0.2, 0.25) is 0 Å². The van der Waals surface area contributed by atoms with Crippen LogP contribution < -0.4 is 0 Å². The predicted octanol–water partition coefficient (Wildman–Crippen LogP) is 10.8. The first-order chi connectivity index (χ1) is 18.3. The highest BCUT2D eigenvalue weighted by molar-refractivity contribution is 9.09. The van der Waals surface area contributed by atoms with Crippen molar-refractivity contribution in [3.8, 4) is 0 Å². The molecule has 0 fully saturated rings. The van der Waals surface area contributed by atoms with Crippen LogP contribution in [0.1, 0.15) is 107 Å². The maximum atomic E-state index is 6.96. The third-order valence-corrected chi connectivity index (χ3v) is 8.11. The van der Waals surface area contributed by atoms with Crippen LogP contribution in [0.5, 0.6) is 0 Å². The Hall–Kier alpha value is -1.90. The molecule has 0 aliphatic heterocycles. The molecule has 3 rings (SSSR count). The van der Waals surface area contributed by atoms with E-state index in [1.165, 1.54) is 77.0 Å². The summed E-state index contributed by atoms with van der Waals surface area (Å²) in [5, 5.41) is 0. The first-order valence-electron chi connectivity index (χ1n) is 14.7. The summed E-state index contributed by atoms with van der Waals surface area (Å²) in [6.07, 6.45) is 17.8. The maximum absolute atomic E-state index is 6.96. The van der Waals surface area contributed by atoms with E-state index in [1.807, 2.05) is 0 Å². The van der Waals surface area contributed by atoms with E-state index in [4.69, 9.17) is 4.74 Å². The van der Waals surface area contributed by atoms with Gasteiger partial charge in [-0.2, -0.15) is 0 Å². The van der Waals surface area contributed by atoms with Crippen LogP contribution in [0, 0.1) is 0 Å². The van der Waals surface area contributed by atoms with Gasteiger partial charge in [-0.1, -0.05) is 191 Å². The van der Waals surface area contributed by atoms with Gasteiger partial charge in [0.1, 0.15) is 5.60 Å². The van der Waals surface area contributed by atoms with E-state index < -0.39 is 5.60 Å². The second-order valence-corrected chi connectivity index (χ2v) is 11.7. The molecule has 1 nitrogen and oxygen atoms in total. The third kappa shape index (κ3) is 9.73. The molecule has 0 aromatic heterocycles. The molecule has 0 N–H and O–H groups in total. The number of ether oxygens (including phenoxy) is 1. The molecular weight excluding hydrogens is 516 g/mol. The fraction of sp³-hybridized carbons (Fsp3) is 0.486. The molecule has 3 aromatic rings. The second kappa shape index (κ2) is 17.6. The zero-order chi connectivity index (χ0) is 26.0. The minimum absolute atomic E-state index is 0.339. The molecule has 0 unspecified atom stereocenters. The van der Waals surface area contributed by atoms with E-state index in [-0.39, 0.29) is 0 Å². The topological polar surface area (TPSA) is 9.23 Å². The summed E-state index contributed by atoms with van der Waals surface area (Å²) in [4.78, 5) is 0.339. The summed E-state index contributed by atoms with van der Waals surface area (Å²) >= 11 is 3.95. The molecule has 0 bridgehead atoms. The Kier molecular flexibility index (Phi) is 14.1. The van der Waals surface area contributed by atoms with E-state index in [2.05, 4.69) is 114 Å². The Morgan fingerprint density at radius 3 is 1.27 bits per heavy atom. The zero-order valence-electron chi connectivity index (χ0n) is 22.9. The molecule has 0 spiro atoms. The molecule has 200 valence electrons. The Morgan fingerprint density at radius 2 is 0.892 bits per heavy atom. The standard InChI is InChI=1S/C35H47BrO/c1-2-3-4-5-6-7-8-9-10-11-12-22-29-34(36)30-37-35(31-23-16-13-17-24-31,32-25-18-14-19-26-32)33-27-20-15-21-28-33/h13-21,23-28,34H,2-12,22,29-30H2,1H3/t34-/m1/s1. The number of rotatable bonds is 19. The highest BCUT2D eigenvalue weighted by atomic mass is 79.9. The van der Waals surface area contributed by atoms with Gasteiger partial charge in [-0.05, 0) is 23.1 Å². The summed E-state index contributed by atoms with van der Waals surface area (Å²) in [6, 6.07) is 32.0. The quantitative estimate of drug-likeness (QED) is 0.0801. The van der Waals surface area contributed by atoms with Gasteiger partial charge in [0, 0.05) is 4.83 Å². The van der Waals surface area contributed by atoms with Gasteiger partial charge in [-0.25, -0.2) is 0 Å². The molecule has 0 aliphatic rings. The van der Waals surface area contributed by atoms with Crippen LogP contribution in [0.4, 0.5) is 0 Å². The largest absolute Gasteiger partial charge is 0.360 e. The minimum Gasteiger partial charge on any atom is -0.360 e. The molecule has 1 atom stereocenters. The van der Waals surface area contributed by atoms with E-state index in [0.29, 0.717) is 11.4 Å². The average Bonchev–Trinajstić information content (AvgIpc) is 2.96. The molecule has 0 radical (unpaired) electrons. The van der Waals surface area contributed by atoms with Crippen molar-refractivity contribution in [3.63, 3.8) is 0 Å². The molecule has 0 aliphatic carbocycles. The van der Waals surface area contributed by atoms with Gasteiger partial charge in [0.05, 0.1) is 6.61 Å². The average molecular weight is 564 g/mol. The van der Waals surface area contributed by atoms with Gasteiger partial charge in [0.2, 0.25) is 0 Å². The van der Waals surface area contributed by atoms with Crippen molar-refractivity contribution in [1.82, 2.24) is 0 Å². The van der Waals surface area contributed by atoms with Gasteiger partial charge >= 0.3 is 0 Å². The number of benzene rings is 3. The lowest BCUT2D eigenvalue weighted by Gasteiger charge is -2.36. The van der Waals surface area contributed by atoms with Crippen LogP contribution in [0.3, 0.4) is 0 Å². The lowest BCUT2D eigenvalue weighted by atomic mass is 9.80. The Bertz CT molecular complexity index is 844. The van der Waals surface area contributed by atoms with Crippen molar-refractivity contribution in [3.05, 3.63) is 108 Å². The lowest BCUT2D eigenvalue weighted by Crippen LogP contribution is -2.34. The fourth-order valence-electron chi connectivity index (χ4n) is 5.27. The molecule has 0 saturated carbocycles. The highest BCUT2D eigenvalue weighted by Gasteiger charge is 2.37. The van der Waals surface area contributed by atoms with Crippen molar-refractivity contribution in [2.24, 2.45) is 0 Å².